The van der Waals surface area contributed by atoms with Crippen LogP contribution in [0.1, 0.15) is 41.0 Å². The Labute approximate surface area is 168 Å². The Balaban J connectivity index is 0.00000126. The van der Waals surface area contributed by atoms with Crippen LogP contribution in [0, 0.1) is 13.8 Å². The molecule has 3 heterocycles. The number of rotatable bonds is 5. The molecule has 0 aliphatic heterocycles. The monoisotopic (exact) mass is 428 g/mol. The van der Waals surface area contributed by atoms with Crippen LogP contribution >= 0.6 is 15.9 Å². The lowest BCUT2D eigenvalue weighted by Crippen LogP contribution is -2.31. The molecular weight excluding hydrogens is 404 g/mol. The first kappa shape index (κ1) is 20.8. The topological polar surface area (TPSA) is 50.5 Å². The third-order valence-corrected chi connectivity index (χ3v) is 4.82. The molecule has 0 aromatic carbocycles. The minimum Gasteiger partial charge on any atom is -0.329 e. The van der Waals surface area contributed by atoms with Gasteiger partial charge in [-0.2, -0.15) is 0 Å². The molecule has 0 radical (unpaired) electrons. The first-order valence-electron chi connectivity index (χ1n) is 8.94. The molecule has 3 aromatic heterocycles. The summed E-state index contributed by atoms with van der Waals surface area (Å²) in [6.45, 7) is 12.6. The van der Waals surface area contributed by atoms with Crippen molar-refractivity contribution in [3.05, 3.63) is 76.4 Å². The molecule has 0 saturated carbocycles. The van der Waals surface area contributed by atoms with E-state index in [9.17, 15) is 4.79 Å². The molecule has 27 heavy (non-hydrogen) atoms. The second kappa shape index (κ2) is 9.46. The number of amides is 1. The third kappa shape index (κ3) is 4.83. The summed E-state index contributed by atoms with van der Waals surface area (Å²) in [7, 11) is 0. The number of hydrogen-bond acceptors (Lipinski definition) is 3. The number of aryl methyl sites for hydroxylation is 1. The van der Waals surface area contributed by atoms with Crippen molar-refractivity contribution in [3.8, 4) is 0 Å². The maximum Gasteiger partial charge on any atom is 0.256 e. The Morgan fingerprint density at radius 2 is 2.00 bits per heavy atom. The van der Waals surface area contributed by atoms with Gasteiger partial charge in [0.2, 0.25) is 0 Å². The van der Waals surface area contributed by atoms with Crippen LogP contribution in [0.15, 0.2) is 54.0 Å². The maximum absolute atomic E-state index is 13.0. The van der Waals surface area contributed by atoms with Crippen molar-refractivity contribution >= 4 is 27.5 Å². The summed E-state index contributed by atoms with van der Waals surface area (Å²) in [4.78, 5) is 23.4. The molecule has 1 amide bonds. The normalized spacial score (nSPS) is 10.3. The molecule has 5 nitrogen and oxygen atoms in total. The zero-order valence-electron chi connectivity index (χ0n) is 16.2. The molecule has 6 heteroatoms. The van der Waals surface area contributed by atoms with Gasteiger partial charge in [0.05, 0.1) is 17.8 Å². The third-order valence-electron chi connectivity index (χ3n) is 4.02. The van der Waals surface area contributed by atoms with E-state index in [0.29, 0.717) is 18.7 Å². The summed E-state index contributed by atoms with van der Waals surface area (Å²) in [5, 5.41) is 0. The smallest absolute Gasteiger partial charge is 0.256 e. The van der Waals surface area contributed by atoms with Gasteiger partial charge in [-0.15, -0.1) is 6.58 Å². The number of pyridine rings is 2. The number of hydrogen-bond donors (Lipinski definition) is 0. The highest BCUT2D eigenvalue weighted by Gasteiger charge is 2.19. The molecule has 0 atom stereocenters. The number of fused-ring (bicyclic) bond motifs is 1. The van der Waals surface area contributed by atoms with Crippen LogP contribution in [0.2, 0.25) is 0 Å². The van der Waals surface area contributed by atoms with Gasteiger partial charge in [-0.05, 0) is 47.0 Å². The number of halogens is 1. The predicted octanol–water partition coefficient (Wildman–Crippen LogP) is 4.96. The van der Waals surface area contributed by atoms with Gasteiger partial charge in [0.25, 0.3) is 5.91 Å². The van der Waals surface area contributed by atoms with Crippen LogP contribution in [-0.4, -0.2) is 31.7 Å². The molecule has 0 aliphatic rings. The van der Waals surface area contributed by atoms with Crippen molar-refractivity contribution in [1.82, 2.24) is 19.3 Å². The fourth-order valence-corrected chi connectivity index (χ4v) is 3.02. The van der Waals surface area contributed by atoms with Crippen LogP contribution in [0.4, 0.5) is 0 Å². The van der Waals surface area contributed by atoms with Crippen molar-refractivity contribution in [2.45, 2.75) is 34.2 Å². The first-order valence-corrected chi connectivity index (χ1v) is 9.73. The van der Waals surface area contributed by atoms with Crippen molar-refractivity contribution < 1.29 is 4.79 Å². The molecule has 0 bridgehead atoms. The summed E-state index contributed by atoms with van der Waals surface area (Å²) in [5.74, 6) is -0.0839. The van der Waals surface area contributed by atoms with E-state index < -0.39 is 0 Å². The molecule has 3 rings (SSSR count). The van der Waals surface area contributed by atoms with E-state index in [-0.39, 0.29) is 5.91 Å². The van der Waals surface area contributed by atoms with Crippen molar-refractivity contribution in [2.24, 2.45) is 0 Å². The Hall–Kier alpha value is -2.47. The molecule has 0 N–H and O–H groups in total. The van der Waals surface area contributed by atoms with Crippen molar-refractivity contribution in [3.63, 3.8) is 0 Å². The van der Waals surface area contributed by atoms with Gasteiger partial charge in [0.15, 0.2) is 0 Å². The number of carbonyl (C=O) groups is 1. The summed E-state index contributed by atoms with van der Waals surface area (Å²) >= 11 is 3.43. The number of imidazole rings is 1. The molecule has 0 saturated heterocycles. The van der Waals surface area contributed by atoms with E-state index in [1.807, 2.05) is 56.6 Å². The lowest BCUT2D eigenvalue weighted by molar-refractivity contribution is 0.0759. The molecule has 142 valence electrons. The van der Waals surface area contributed by atoms with Crippen molar-refractivity contribution in [1.29, 1.82) is 0 Å². The van der Waals surface area contributed by atoms with Gasteiger partial charge in [-0.25, -0.2) is 4.98 Å². The fourth-order valence-electron chi connectivity index (χ4n) is 2.69. The Morgan fingerprint density at radius 3 is 2.70 bits per heavy atom. The van der Waals surface area contributed by atoms with Crippen LogP contribution < -0.4 is 0 Å². The highest BCUT2D eigenvalue weighted by molar-refractivity contribution is 9.10. The van der Waals surface area contributed by atoms with E-state index in [2.05, 4.69) is 32.5 Å². The van der Waals surface area contributed by atoms with Crippen LogP contribution in [0.5, 0.6) is 0 Å². The van der Waals surface area contributed by atoms with E-state index >= 15 is 0 Å². The van der Waals surface area contributed by atoms with Gasteiger partial charge in [-0.1, -0.05) is 26.0 Å². The number of nitrogens with zero attached hydrogens (tertiary/aromatic N) is 4. The van der Waals surface area contributed by atoms with E-state index in [4.69, 9.17) is 0 Å². The second-order valence-electron chi connectivity index (χ2n) is 5.97. The lowest BCUT2D eigenvalue weighted by Gasteiger charge is -2.21. The SMILES string of the molecule is C=CCN(Cc1cn2cc(C)ccc2n1)C(=O)c1cncc(Br)c1C.CC. The lowest BCUT2D eigenvalue weighted by atomic mass is 10.1. The Kier molecular flexibility index (Phi) is 7.30. The van der Waals surface area contributed by atoms with Crippen LogP contribution in [-0.2, 0) is 6.54 Å². The van der Waals surface area contributed by atoms with Gasteiger partial charge in [0, 0.05) is 35.8 Å². The van der Waals surface area contributed by atoms with Crippen molar-refractivity contribution in [2.75, 3.05) is 6.54 Å². The summed E-state index contributed by atoms with van der Waals surface area (Å²) in [6.07, 6.45) is 8.99. The molecule has 0 spiro atoms. The quantitative estimate of drug-likeness (QED) is 0.539. The first-order chi connectivity index (χ1) is 13.0. The van der Waals surface area contributed by atoms with E-state index in [1.54, 1.807) is 23.4 Å². The highest BCUT2D eigenvalue weighted by Crippen LogP contribution is 2.20. The zero-order valence-corrected chi connectivity index (χ0v) is 17.8. The zero-order chi connectivity index (χ0) is 20.0. The van der Waals surface area contributed by atoms with Gasteiger partial charge in [-0.3, -0.25) is 9.78 Å². The largest absolute Gasteiger partial charge is 0.329 e. The molecule has 0 unspecified atom stereocenters. The average Bonchev–Trinajstić information content (AvgIpc) is 3.06. The van der Waals surface area contributed by atoms with Gasteiger partial charge < -0.3 is 9.30 Å². The standard InChI is InChI=1S/C19H19BrN4O.C2H6/c1-4-7-23(19(25)16-8-21-9-17(20)14(16)3)11-15-12-24-10-13(2)5-6-18(24)22-15;1-2/h4-6,8-10,12H,1,7,11H2,2-3H3;1-2H3. The van der Waals surface area contributed by atoms with Gasteiger partial charge in [0.1, 0.15) is 5.65 Å². The number of carbonyl (C=O) groups excluding carboxylic acids is 1. The predicted molar refractivity (Wildman–Crippen MR) is 113 cm³/mol. The minimum absolute atomic E-state index is 0.0839. The summed E-state index contributed by atoms with van der Waals surface area (Å²) < 4.78 is 2.80. The van der Waals surface area contributed by atoms with E-state index in [0.717, 1.165) is 26.9 Å². The maximum atomic E-state index is 13.0. The Morgan fingerprint density at radius 1 is 1.26 bits per heavy atom. The molecule has 3 aromatic rings. The molecular formula is C21H25BrN4O. The fraction of sp³-hybridized carbons (Fsp3) is 0.286. The van der Waals surface area contributed by atoms with Gasteiger partial charge >= 0.3 is 0 Å². The summed E-state index contributed by atoms with van der Waals surface area (Å²) in [6, 6.07) is 4.00. The molecule has 0 fully saturated rings. The van der Waals surface area contributed by atoms with Crippen LogP contribution in [0.3, 0.4) is 0 Å². The molecule has 0 aliphatic carbocycles. The van der Waals surface area contributed by atoms with Crippen LogP contribution in [0.25, 0.3) is 5.65 Å². The highest BCUT2D eigenvalue weighted by atomic mass is 79.9. The average molecular weight is 429 g/mol. The van der Waals surface area contributed by atoms with E-state index in [1.165, 1.54) is 0 Å². The summed E-state index contributed by atoms with van der Waals surface area (Å²) in [5.41, 5.74) is 4.31. The number of aromatic nitrogens is 3. The Bertz CT molecular complexity index is 949. The second-order valence-corrected chi connectivity index (χ2v) is 6.83. The minimum atomic E-state index is -0.0839.